The Balaban J connectivity index is 2.88. The van der Waals surface area contributed by atoms with Gasteiger partial charge in [-0.25, -0.2) is 13.1 Å². The number of aromatic nitrogens is 1. The predicted octanol–water partition coefficient (Wildman–Crippen LogP) is 1.21. The van der Waals surface area contributed by atoms with E-state index >= 15 is 0 Å². The van der Waals surface area contributed by atoms with Crippen LogP contribution in [0.25, 0.3) is 0 Å². The van der Waals surface area contributed by atoms with Gasteiger partial charge in [-0.3, -0.25) is 4.79 Å². The summed E-state index contributed by atoms with van der Waals surface area (Å²) in [6.07, 6.45) is 1.50. The first-order chi connectivity index (χ1) is 10.0. The minimum absolute atomic E-state index is 0.190. The summed E-state index contributed by atoms with van der Waals surface area (Å²) in [6, 6.07) is -0.763. The number of amides is 1. The van der Waals surface area contributed by atoms with E-state index in [0.717, 1.165) is 17.5 Å². The molecule has 0 bridgehead atoms. The first-order valence-corrected chi connectivity index (χ1v) is 9.04. The smallest absolute Gasteiger partial charge is 0.240 e. The van der Waals surface area contributed by atoms with Crippen molar-refractivity contribution in [1.29, 1.82) is 0 Å². The van der Waals surface area contributed by atoms with Crippen molar-refractivity contribution in [3.05, 3.63) is 17.0 Å². The average Bonchev–Trinajstić information content (AvgIpc) is 2.66. The number of sulfonamides is 1. The molecule has 0 aliphatic carbocycles. The van der Waals surface area contributed by atoms with Crippen LogP contribution in [0.1, 0.15) is 37.3 Å². The molecule has 0 spiro atoms. The van der Waals surface area contributed by atoms with E-state index in [1.54, 1.807) is 14.0 Å². The molecule has 1 rings (SSSR count). The third kappa shape index (κ3) is 5.42. The summed E-state index contributed by atoms with van der Waals surface area (Å²) in [7, 11) is -1.81. The number of hydrogen-bond donors (Lipinski definition) is 1. The van der Waals surface area contributed by atoms with Gasteiger partial charge in [0.25, 0.3) is 0 Å². The molecule has 1 aromatic rings. The molecule has 22 heavy (non-hydrogen) atoms. The molecule has 1 N–H and O–H groups in total. The van der Waals surface area contributed by atoms with Gasteiger partial charge in [0, 0.05) is 12.6 Å². The standard InChI is InChI=1S/C14H25N3O4S/c1-9(2)7-13(16-22(6,19)20)14(18)17(5)8-12-10(3)15-21-11(12)4/h9,13,16H,7-8H2,1-6H3. The third-order valence-corrected chi connectivity index (χ3v) is 4.03. The van der Waals surface area contributed by atoms with Crippen molar-refractivity contribution in [3.8, 4) is 0 Å². The van der Waals surface area contributed by atoms with Gasteiger partial charge in [0.15, 0.2) is 0 Å². The molecule has 1 amide bonds. The molecule has 0 aliphatic rings. The molecular weight excluding hydrogens is 306 g/mol. The van der Waals surface area contributed by atoms with E-state index in [0.29, 0.717) is 18.7 Å². The van der Waals surface area contributed by atoms with Crippen LogP contribution in [-0.2, 0) is 21.4 Å². The second-order valence-corrected chi connectivity index (χ2v) is 7.85. The number of carbonyl (C=O) groups excluding carboxylic acids is 1. The maximum Gasteiger partial charge on any atom is 0.240 e. The molecule has 126 valence electrons. The molecule has 7 nitrogen and oxygen atoms in total. The fourth-order valence-electron chi connectivity index (χ4n) is 2.24. The number of rotatable bonds is 7. The van der Waals surface area contributed by atoms with Crippen molar-refractivity contribution in [3.63, 3.8) is 0 Å². The van der Waals surface area contributed by atoms with Crippen LogP contribution in [0.4, 0.5) is 0 Å². The number of carbonyl (C=O) groups is 1. The molecule has 0 radical (unpaired) electrons. The molecule has 0 saturated heterocycles. The van der Waals surface area contributed by atoms with Gasteiger partial charge in [-0.2, -0.15) is 0 Å². The van der Waals surface area contributed by atoms with E-state index in [2.05, 4.69) is 9.88 Å². The molecule has 1 unspecified atom stereocenters. The van der Waals surface area contributed by atoms with Gasteiger partial charge in [0.2, 0.25) is 15.9 Å². The summed E-state index contributed by atoms with van der Waals surface area (Å²) in [5.41, 5.74) is 1.58. The maximum atomic E-state index is 12.6. The lowest BCUT2D eigenvalue weighted by atomic mass is 10.0. The van der Waals surface area contributed by atoms with Crippen LogP contribution in [0.2, 0.25) is 0 Å². The minimum atomic E-state index is -3.45. The highest BCUT2D eigenvalue weighted by Gasteiger charge is 2.27. The summed E-state index contributed by atoms with van der Waals surface area (Å²) in [5.74, 6) is 0.587. The quantitative estimate of drug-likeness (QED) is 0.811. The number of nitrogens with one attached hydrogen (secondary N) is 1. The van der Waals surface area contributed by atoms with Gasteiger partial charge in [0.05, 0.1) is 18.5 Å². The zero-order valence-electron chi connectivity index (χ0n) is 14.0. The highest BCUT2D eigenvalue weighted by molar-refractivity contribution is 7.88. The Bertz CT molecular complexity index is 603. The highest BCUT2D eigenvalue weighted by atomic mass is 32.2. The van der Waals surface area contributed by atoms with Crippen molar-refractivity contribution in [2.24, 2.45) is 5.92 Å². The second kappa shape index (κ2) is 7.23. The Kier molecular flexibility index (Phi) is 6.13. The summed E-state index contributed by atoms with van der Waals surface area (Å²) in [4.78, 5) is 14.1. The van der Waals surface area contributed by atoms with Crippen LogP contribution in [0.5, 0.6) is 0 Å². The van der Waals surface area contributed by atoms with E-state index in [9.17, 15) is 13.2 Å². The first kappa shape index (κ1) is 18.6. The van der Waals surface area contributed by atoms with Gasteiger partial charge < -0.3 is 9.42 Å². The molecule has 0 saturated carbocycles. The van der Waals surface area contributed by atoms with Gasteiger partial charge in [-0.15, -0.1) is 0 Å². The van der Waals surface area contributed by atoms with Crippen LogP contribution in [-0.4, -0.2) is 43.7 Å². The molecule has 0 fully saturated rings. The molecular formula is C14H25N3O4S. The first-order valence-electron chi connectivity index (χ1n) is 7.15. The summed E-state index contributed by atoms with van der Waals surface area (Å²) >= 11 is 0. The number of likely N-dealkylation sites (N-methyl/N-ethyl adjacent to an activating group) is 1. The van der Waals surface area contributed by atoms with Crippen LogP contribution in [0.15, 0.2) is 4.52 Å². The highest BCUT2D eigenvalue weighted by Crippen LogP contribution is 2.16. The predicted molar refractivity (Wildman–Crippen MR) is 83.7 cm³/mol. The lowest BCUT2D eigenvalue weighted by molar-refractivity contribution is -0.132. The number of hydrogen-bond acceptors (Lipinski definition) is 5. The van der Waals surface area contributed by atoms with Crippen molar-refractivity contribution >= 4 is 15.9 Å². The second-order valence-electron chi connectivity index (χ2n) is 6.07. The van der Waals surface area contributed by atoms with Crippen molar-refractivity contribution in [2.45, 2.75) is 46.7 Å². The molecule has 1 aromatic heterocycles. The Morgan fingerprint density at radius 2 is 1.95 bits per heavy atom. The van der Waals surface area contributed by atoms with Gasteiger partial charge >= 0.3 is 0 Å². The molecule has 0 aromatic carbocycles. The number of nitrogens with zero attached hydrogens (tertiary/aromatic N) is 2. The minimum Gasteiger partial charge on any atom is -0.361 e. The lowest BCUT2D eigenvalue weighted by Crippen LogP contribution is -2.47. The van der Waals surface area contributed by atoms with E-state index in [1.165, 1.54) is 4.90 Å². The molecule has 8 heteroatoms. The fourth-order valence-corrected chi connectivity index (χ4v) is 2.95. The lowest BCUT2D eigenvalue weighted by Gasteiger charge is -2.25. The average molecular weight is 331 g/mol. The van der Waals surface area contributed by atoms with E-state index < -0.39 is 16.1 Å². The van der Waals surface area contributed by atoms with Gasteiger partial charge in [0.1, 0.15) is 11.8 Å². The largest absolute Gasteiger partial charge is 0.361 e. The van der Waals surface area contributed by atoms with Crippen molar-refractivity contribution in [1.82, 2.24) is 14.8 Å². The Morgan fingerprint density at radius 3 is 2.36 bits per heavy atom. The SMILES string of the molecule is Cc1noc(C)c1CN(C)C(=O)C(CC(C)C)NS(C)(=O)=O. The van der Waals surface area contributed by atoms with E-state index in [1.807, 2.05) is 20.8 Å². The maximum absolute atomic E-state index is 12.6. The Hall–Kier alpha value is -1.41. The van der Waals surface area contributed by atoms with Crippen LogP contribution < -0.4 is 4.72 Å². The molecule has 0 aliphatic heterocycles. The third-order valence-electron chi connectivity index (χ3n) is 3.31. The fraction of sp³-hybridized carbons (Fsp3) is 0.714. The number of aryl methyl sites for hydroxylation is 2. The zero-order valence-corrected chi connectivity index (χ0v) is 14.8. The topological polar surface area (TPSA) is 92.5 Å². The summed E-state index contributed by atoms with van der Waals surface area (Å²) in [6.45, 7) is 7.82. The van der Waals surface area contributed by atoms with Crippen LogP contribution >= 0.6 is 0 Å². The Morgan fingerprint density at radius 1 is 1.36 bits per heavy atom. The summed E-state index contributed by atoms with van der Waals surface area (Å²) < 4.78 is 30.4. The zero-order chi connectivity index (χ0) is 17.1. The van der Waals surface area contributed by atoms with E-state index in [4.69, 9.17) is 4.52 Å². The Labute approximate surface area is 132 Å². The normalized spacial score (nSPS) is 13.4. The van der Waals surface area contributed by atoms with Crippen molar-refractivity contribution in [2.75, 3.05) is 13.3 Å². The monoisotopic (exact) mass is 331 g/mol. The van der Waals surface area contributed by atoms with E-state index in [-0.39, 0.29) is 11.8 Å². The van der Waals surface area contributed by atoms with Crippen LogP contribution in [0, 0.1) is 19.8 Å². The molecule has 1 atom stereocenters. The summed E-state index contributed by atoms with van der Waals surface area (Å²) in [5, 5.41) is 3.86. The molecule has 1 heterocycles. The van der Waals surface area contributed by atoms with Gasteiger partial charge in [-0.1, -0.05) is 19.0 Å². The van der Waals surface area contributed by atoms with Crippen LogP contribution in [0.3, 0.4) is 0 Å². The van der Waals surface area contributed by atoms with Gasteiger partial charge in [-0.05, 0) is 26.2 Å². The van der Waals surface area contributed by atoms with Crippen molar-refractivity contribution < 1.29 is 17.7 Å².